The molecule has 3 heteroatoms. The molecule has 0 radical (unpaired) electrons. The van der Waals surface area contributed by atoms with Gasteiger partial charge in [-0.25, -0.2) is 0 Å². The van der Waals surface area contributed by atoms with Gasteiger partial charge in [-0.2, -0.15) is 0 Å². The first-order chi connectivity index (χ1) is 31.3. The molecular weight excluding hydrogens is 765 g/mol. The molecule has 63 heavy (non-hydrogen) atoms. The van der Waals surface area contributed by atoms with Gasteiger partial charge in [0.2, 0.25) is 0 Å². The minimum Gasteiger partial charge on any atom is -0.456 e. The lowest BCUT2D eigenvalue weighted by molar-refractivity contribution is 0.669. The molecule has 10 aromatic carbocycles. The molecule has 3 nitrogen and oxygen atoms in total. The zero-order valence-electron chi connectivity index (χ0n) is 34.4. The number of para-hydroxylation sites is 2. The van der Waals surface area contributed by atoms with Gasteiger partial charge >= 0.3 is 0 Å². The fraction of sp³-hybridized carbons (Fsp3) is 0. The van der Waals surface area contributed by atoms with Crippen molar-refractivity contribution < 1.29 is 4.42 Å². The summed E-state index contributed by atoms with van der Waals surface area (Å²) in [6.07, 6.45) is 0. The molecular formula is C60H40N2O. The number of aromatic nitrogens is 1. The normalized spacial score (nSPS) is 11.5. The van der Waals surface area contributed by atoms with Crippen LogP contribution in [0, 0.1) is 0 Å². The van der Waals surface area contributed by atoms with E-state index in [0.29, 0.717) is 0 Å². The van der Waals surface area contributed by atoms with Gasteiger partial charge in [0.05, 0.1) is 22.1 Å². The minimum absolute atomic E-state index is 0.837. The van der Waals surface area contributed by atoms with Crippen molar-refractivity contribution >= 4 is 60.8 Å². The SMILES string of the molecule is c1ccc(-c2ccc(N(c3ccc(-c4ccccc4-c4ccccc4-c4ccccc4)cc3)c3ccc4c(c3)oc3cccc(-n5c6ccccc6c6ccccc65)c34)cc2)cc1. The average molecular weight is 805 g/mol. The Morgan fingerprint density at radius 3 is 1.37 bits per heavy atom. The van der Waals surface area contributed by atoms with Crippen molar-refractivity contribution in [2.75, 3.05) is 4.90 Å². The highest BCUT2D eigenvalue weighted by Gasteiger charge is 2.21. The van der Waals surface area contributed by atoms with Gasteiger partial charge in [-0.15, -0.1) is 0 Å². The molecule has 0 N–H and O–H groups in total. The van der Waals surface area contributed by atoms with E-state index in [-0.39, 0.29) is 0 Å². The molecule has 0 aliphatic heterocycles. The van der Waals surface area contributed by atoms with E-state index in [1.807, 2.05) is 0 Å². The molecule has 0 aliphatic rings. The summed E-state index contributed by atoms with van der Waals surface area (Å²) >= 11 is 0. The quantitative estimate of drug-likeness (QED) is 0.153. The zero-order chi connectivity index (χ0) is 41.7. The number of rotatable bonds is 8. The lowest BCUT2D eigenvalue weighted by atomic mass is 9.89. The molecule has 2 heterocycles. The number of hydrogen-bond acceptors (Lipinski definition) is 2. The third kappa shape index (κ3) is 6.29. The van der Waals surface area contributed by atoms with Crippen LogP contribution in [-0.2, 0) is 0 Å². The van der Waals surface area contributed by atoms with Crippen LogP contribution in [0.4, 0.5) is 17.1 Å². The van der Waals surface area contributed by atoms with Crippen molar-refractivity contribution in [3.8, 4) is 50.2 Å². The van der Waals surface area contributed by atoms with E-state index < -0.39 is 0 Å². The first-order valence-electron chi connectivity index (χ1n) is 21.5. The van der Waals surface area contributed by atoms with Crippen LogP contribution < -0.4 is 4.90 Å². The van der Waals surface area contributed by atoms with Gasteiger partial charge in [0.25, 0.3) is 0 Å². The van der Waals surface area contributed by atoms with Crippen LogP contribution in [0.3, 0.4) is 0 Å². The number of furan rings is 1. The Balaban J connectivity index is 0.984. The molecule has 0 aliphatic carbocycles. The van der Waals surface area contributed by atoms with E-state index >= 15 is 0 Å². The van der Waals surface area contributed by atoms with Crippen LogP contribution in [0.15, 0.2) is 247 Å². The third-order valence-corrected chi connectivity index (χ3v) is 12.4. The summed E-state index contributed by atoms with van der Waals surface area (Å²) in [7, 11) is 0. The summed E-state index contributed by atoms with van der Waals surface area (Å²) in [5.74, 6) is 0. The number of hydrogen-bond donors (Lipinski definition) is 0. The molecule has 2 aromatic heterocycles. The Labute approximate surface area is 366 Å². The Morgan fingerprint density at radius 1 is 0.302 bits per heavy atom. The molecule has 0 bridgehead atoms. The topological polar surface area (TPSA) is 21.3 Å². The summed E-state index contributed by atoms with van der Waals surface area (Å²) < 4.78 is 9.17. The average Bonchev–Trinajstić information content (AvgIpc) is 3.91. The van der Waals surface area contributed by atoms with Crippen molar-refractivity contribution in [2.24, 2.45) is 0 Å². The summed E-state index contributed by atoms with van der Waals surface area (Å²) in [6, 6.07) is 86.9. The van der Waals surface area contributed by atoms with E-state index in [2.05, 4.69) is 252 Å². The maximum absolute atomic E-state index is 6.79. The van der Waals surface area contributed by atoms with Crippen LogP contribution in [0.5, 0.6) is 0 Å². The largest absolute Gasteiger partial charge is 0.456 e. The van der Waals surface area contributed by atoms with Crippen molar-refractivity contribution in [3.63, 3.8) is 0 Å². The zero-order valence-corrected chi connectivity index (χ0v) is 34.4. The molecule has 0 amide bonds. The van der Waals surface area contributed by atoms with E-state index in [0.717, 1.165) is 50.3 Å². The molecule has 0 saturated carbocycles. The first-order valence-corrected chi connectivity index (χ1v) is 21.5. The smallest absolute Gasteiger partial charge is 0.137 e. The van der Waals surface area contributed by atoms with Crippen molar-refractivity contribution in [1.29, 1.82) is 0 Å². The van der Waals surface area contributed by atoms with Crippen LogP contribution in [-0.4, -0.2) is 4.57 Å². The minimum atomic E-state index is 0.837. The second-order valence-electron chi connectivity index (χ2n) is 16.1. The second kappa shape index (κ2) is 15.3. The van der Waals surface area contributed by atoms with Gasteiger partial charge in [-0.3, -0.25) is 0 Å². The Bertz CT molecular complexity index is 3550. The van der Waals surface area contributed by atoms with E-state index in [9.17, 15) is 0 Å². The van der Waals surface area contributed by atoms with Gasteiger partial charge in [0.15, 0.2) is 0 Å². The van der Waals surface area contributed by atoms with Crippen LogP contribution in [0.2, 0.25) is 0 Å². The number of benzene rings is 10. The molecule has 12 rings (SSSR count). The molecule has 0 saturated heterocycles. The summed E-state index contributed by atoms with van der Waals surface area (Å²) in [6.45, 7) is 0. The van der Waals surface area contributed by atoms with Crippen molar-refractivity contribution in [3.05, 3.63) is 243 Å². The fourth-order valence-electron chi connectivity index (χ4n) is 9.53. The van der Waals surface area contributed by atoms with Crippen LogP contribution >= 0.6 is 0 Å². The number of fused-ring (bicyclic) bond motifs is 6. The standard InChI is InChI=1S/C60H40N2O/c1-3-16-41(17-4-1)42-30-34-45(35-31-42)61(46-36-32-44(33-37-46)49-21-8-10-23-51(49)50-22-9-7-20-48(50)43-18-5-2-6-19-43)47-38-39-54-59(40-47)63-58-29-15-28-57(60(54)58)62-55-26-13-11-24-52(55)53-25-12-14-27-56(53)62/h1-40H. The number of anilines is 3. The van der Waals surface area contributed by atoms with E-state index in [1.54, 1.807) is 0 Å². The van der Waals surface area contributed by atoms with Crippen LogP contribution in [0.25, 0.3) is 93.9 Å². The molecule has 0 fully saturated rings. The summed E-state index contributed by atoms with van der Waals surface area (Å²) in [4.78, 5) is 2.33. The monoisotopic (exact) mass is 804 g/mol. The van der Waals surface area contributed by atoms with E-state index in [4.69, 9.17) is 4.42 Å². The summed E-state index contributed by atoms with van der Waals surface area (Å²) in [5, 5.41) is 4.65. The first kappa shape index (κ1) is 36.5. The molecule has 12 aromatic rings. The maximum atomic E-state index is 6.79. The predicted molar refractivity (Wildman–Crippen MR) is 264 cm³/mol. The van der Waals surface area contributed by atoms with E-state index in [1.165, 1.54) is 60.8 Å². The van der Waals surface area contributed by atoms with Gasteiger partial charge in [0, 0.05) is 39.3 Å². The Hall–Kier alpha value is -8.40. The lowest BCUT2D eigenvalue weighted by Crippen LogP contribution is -2.09. The molecule has 296 valence electrons. The predicted octanol–water partition coefficient (Wildman–Crippen LogP) is 16.8. The Kier molecular flexibility index (Phi) is 8.83. The van der Waals surface area contributed by atoms with Gasteiger partial charge in [-0.05, 0) is 105 Å². The van der Waals surface area contributed by atoms with Crippen LogP contribution in [0.1, 0.15) is 0 Å². The van der Waals surface area contributed by atoms with Gasteiger partial charge < -0.3 is 13.9 Å². The van der Waals surface area contributed by atoms with Gasteiger partial charge in [-0.1, -0.05) is 176 Å². The maximum Gasteiger partial charge on any atom is 0.137 e. The number of nitrogens with zero attached hydrogens (tertiary/aromatic N) is 2. The molecule has 0 atom stereocenters. The molecule has 0 unspecified atom stereocenters. The van der Waals surface area contributed by atoms with Gasteiger partial charge in [0.1, 0.15) is 11.2 Å². The summed E-state index contributed by atoms with van der Waals surface area (Å²) in [5.41, 5.74) is 17.8. The van der Waals surface area contributed by atoms with Crippen molar-refractivity contribution in [2.45, 2.75) is 0 Å². The lowest BCUT2D eigenvalue weighted by Gasteiger charge is -2.26. The second-order valence-corrected chi connectivity index (χ2v) is 16.1. The molecule has 0 spiro atoms. The third-order valence-electron chi connectivity index (χ3n) is 12.4. The fourth-order valence-corrected chi connectivity index (χ4v) is 9.53. The highest BCUT2D eigenvalue weighted by Crippen LogP contribution is 2.44. The highest BCUT2D eigenvalue weighted by molar-refractivity contribution is 6.14. The Morgan fingerprint density at radius 2 is 0.762 bits per heavy atom. The van der Waals surface area contributed by atoms with Crippen molar-refractivity contribution in [1.82, 2.24) is 4.57 Å². The highest BCUT2D eigenvalue weighted by atomic mass is 16.3.